The predicted octanol–water partition coefficient (Wildman–Crippen LogP) is 4.03. The molecule has 2 aliphatic rings. The molecule has 4 rings (SSSR count). The lowest BCUT2D eigenvalue weighted by Gasteiger charge is -2.39. The Morgan fingerprint density at radius 1 is 1.07 bits per heavy atom. The lowest BCUT2D eigenvalue weighted by Crippen LogP contribution is -2.49. The minimum Gasteiger partial charge on any atom is -0.341 e. The van der Waals surface area contributed by atoms with E-state index in [4.69, 9.17) is 11.6 Å². The molecule has 2 aromatic carbocycles. The lowest BCUT2D eigenvalue weighted by molar-refractivity contribution is -0.139. The van der Waals surface area contributed by atoms with Gasteiger partial charge in [-0.15, -0.1) is 0 Å². The normalized spacial score (nSPS) is 19.3. The summed E-state index contributed by atoms with van der Waals surface area (Å²) in [5, 5.41) is 2.89. The fourth-order valence-electron chi connectivity index (χ4n) is 4.33. The van der Waals surface area contributed by atoms with Crippen LogP contribution < -0.4 is 5.32 Å². The summed E-state index contributed by atoms with van der Waals surface area (Å²) < 4.78 is 13.3. The van der Waals surface area contributed by atoms with E-state index in [1.165, 1.54) is 12.1 Å². The smallest absolute Gasteiger partial charge is 0.244 e. The summed E-state index contributed by atoms with van der Waals surface area (Å²) in [6.07, 6.45) is 3.97. The standard InChI is InChI=1S/C23H25ClFN3O2/c24-19-14-17(25)8-9-20(19)26-21(29)15-28-13-10-16-6-2-3-7-18(16)22(28)23(30)27-11-4-1-5-12-27/h2-3,6-9,14,22H,1,4-5,10-13,15H2,(H,26,29)/t22-/m0/s1. The predicted molar refractivity (Wildman–Crippen MR) is 115 cm³/mol. The van der Waals surface area contributed by atoms with Crippen molar-refractivity contribution >= 4 is 29.1 Å². The van der Waals surface area contributed by atoms with Crippen LogP contribution in [0, 0.1) is 5.82 Å². The molecule has 1 fully saturated rings. The van der Waals surface area contributed by atoms with E-state index in [1.54, 1.807) is 0 Å². The maximum atomic E-state index is 13.4. The highest BCUT2D eigenvalue weighted by atomic mass is 35.5. The van der Waals surface area contributed by atoms with Gasteiger partial charge >= 0.3 is 0 Å². The Morgan fingerprint density at radius 3 is 2.60 bits per heavy atom. The van der Waals surface area contributed by atoms with E-state index in [0.717, 1.165) is 56.0 Å². The number of halogens is 2. The number of fused-ring (bicyclic) bond motifs is 1. The molecule has 2 heterocycles. The SMILES string of the molecule is O=C(CN1CCc2ccccc2[C@H]1C(=O)N1CCCCC1)Nc1ccc(F)cc1Cl. The van der Waals surface area contributed by atoms with Gasteiger partial charge in [0, 0.05) is 19.6 Å². The van der Waals surface area contributed by atoms with Gasteiger partial charge in [-0.25, -0.2) is 4.39 Å². The molecule has 5 nitrogen and oxygen atoms in total. The Hall–Kier alpha value is -2.44. The summed E-state index contributed by atoms with van der Waals surface area (Å²) >= 11 is 6.03. The fourth-order valence-corrected chi connectivity index (χ4v) is 4.54. The first-order chi connectivity index (χ1) is 14.5. The molecule has 0 bridgehead atoms. The van der Waals surface area contributed by atoms with Crippen LogP contribution >= 0.6 is 11.6 Å². The van der Waals surface area contributed by atoms with E-state index in [0.29, 0.717) is 12.2 Å². The number of benzene rings is 2. The first-order valence-corrected chi connectivity index (χ1v) is 10.8. The molecule has 0 radical (unpaired) electrons. The summed E-state index contributed by atoms with van der Waals surface area (Å²) in [4.78, 5) is 30.1. The molecule has 0 aromatic heterocycles. The van der Waals surface area contributed by atoms with E-state index < -0.39 is 11.9 Å². The minimum absolute atomic E-state index is 0.0618. The van der Waals surface area contributed by atoms with Crippen LogP contribution in [0.15, 0.2) is 42.5 Å². The number of nitrogens with one attached hydrogen (secondary N) is 1. The van der Waals surface area contributed by atoms with Crippen molar-refractivity contribution in [3.05, 3.63) is 64.4 Å². The van der Waals surface area contributed by atoms with Gasteiger partial charge in [0.2, 0.25) is 11.8 Å². The zero-order chi connectivity index (χ0) is 21.1. The molecule has 30 heavy (non-hydrogen) atoms. The second-order valence-corrected chi connectivity index (χ2v) is 8.29. The van der Waals surface area contributed by atoms with Gasteiger partial charge in [0.05, 0.1) is 17.3 Å². The summed E-state index contributed by atoms with van der Waals surface area (Å²) in [7, 11) is 0. The summed E-state index contributed by atoms with van der Waals surface area (Å²) in [5.41, 5.74) is 2.50. The molecule has 0 spiro atoms. The Kier molecular flexibility index (Phi) is 6.35. The molecule has 0 unspecified atom stereocenters. The molecule has 2 aromatic rings. The van der Waals surface area contributed by atoms with Gasteiger partial charge in [0.1, 0.15) is 11.9 Å². The maximum Gasteiger partial charge on any atom is 0.244 e. The number of hydrogen-bond donors (Lipinski definition) is 1. The van der Waals surface area contributed by atoms with E-state index in [9.17, 15) is 14.0 Å². The Morgan fingerprint density at radius 2 is 1.83 bits per heavy atom. The molecule has 0 saturated carbocycles. The number of amides is 2. The van der Waals surface area contributed by atoms with Crippen molar-refractivity contribution in [3.63, 3.8) is 0 Å². The summed E-state index contributed by atoms with van der Waals surface area (Å²) in [5.74, 6) is -0.674. The number of piperidine rings is 1. The van der Waals surface area contributed by atoms with Crippen molar-refractivity contribution in [1.29, 1.82) is 0 Å². The van der Waals surface area contributed by atoms with Crippen molar-refractivity contribution in [2.24, 2.45) is 0 Å². The molecule has 7 heteroatoms. The molecule has 1 N–H and O–H groups in total. The van der Waals surface area contributed by atoms with Gasteiger partial charge < -0.3 is 10.2 Å². The average molecular weight is 430 g/mol. The van der Waals surface area contributed by atoms with E-state index >= 15 is 0 Å². The average Bonchev–Trinajstić information content (AvgIpc) is 2.76. The van der Waals surface area contributed by atoms with Gasteiger partial charge in [-0.1, -0.05) is 35.9 Å². The van der Waals surface area contributed by atoms with E-state index in [-0.39, 0.29) is 23.4 Å². The minimum atomic E-state index is -0.470. The number of carbonyl (C=O) groups is 2. The molecular formula is C23H25ClFN3O2. The Bertz CT molecular complexity index is 946. The quantitative estimate of drug-likeness (QED) is 0.798. The van der Waals surface area contributed by atoms with Gasteiger partial charge in [-0.2, -0.15) is 0 Å². The van der Waals surface area contributed by atoms with E-state index in [2.05, 4.69) is 11.4 Å². The molecule has 0 aliphatic carbocycles. The van der Waals surface area contributed by atoms with E-state index in [1.807, 2.05) is 28.0 Å². The highest BCUT2D eigenvalue weighted by Crippen LogP contribution is 2.32. The summed E-state index contributed by atoms with van der Waals surface area (Å²) in [6, 6.07) is 11.4. The fraction of sp³-hybridized carbons (Fsp3) is 0.391. The van der Waals surface area contributed by atoms with Crippen LogP contribution in [0.1, 0.15) is 36.4 Å². The van der Waals surface area contributed by atoms with Crippen LogP contribution in [0.3, 0.4) is 0 Å². The third-order valence-electron chi connectivity index (χ3n) is 5.84. The topological polar surface area (TPSA) is 52.7 Å². The Labute approximate surface area is 180 Å². The van der Waals surface area contributed by atoms with Crippen LogP contribution in [-0.2, 0) is 16.0 Å². The van der Waals surface area contributed by atoms with Crippen molar-refractivity contribution in [3.8, 4) is 0 Å². The number of nitrogens with zero attached hydrogens (tertiary/aromatic N) is 2. The van der Waals surface area contributed by atoms with Crippen molar-refractivity contribution in [2.45, 2.75) is 31.7 Å². The van der Waals surface area contributed by atoms with Gasteiger partial charge in [-0.3, -0.25) is 14.5 Å². The van der Waals surface area contributed by atoms with Crippen LogP contribution in [0.4, 0.5) is 10.1 Å². The first kappa shape index (κ1) is 20.8. The molecular weight excluding hydrogens is 405 g/mol. The monoisotopic (exact) mass is 429 g/mol. The first-order valence-electron chi connectivity index (χ1n) is 10.4. The second kappa shape index (κ2) is 9.14. The number of likely N-dealkylation sites (tertiary alicyclic amines) is 1. The zero-order valence-corrected chi connectivity index (χ0v) is 17.5. The number of anilines is 1. The molecule has 2 amide bonds. The molecule has 1 saturated heterocycles. The largest absolute Gasteiger partial charge is 0.341 e. The molecule has 2 aliphatic heterocycles. The number of hydrogen-bond acceptors (Lipinski definition) is 3. The van der Waals surface area contributed by atoms with Crippen LogP contribution in [0.25, 0.3) is 0 Å². The van der Waals surface area contributed by atoms with Gasteiger partial charge in [-0.05, 0) is 55.0 Å². The lowest BCUT2D eigenvalue weighted by atomic mass is 9.91. The van der Waals surface area contributed by atoms with Crippen molar-refractivity contribution in [1.82, 2.24) is 9.80 Å². The van der Waals surface area contributed by atoms with Crippen molar-refractivity contribution in [2.75, 3.05) is 31.5 Å². The van der Waals surface area contributed by atoms with Crippen molar-refractivity contribution < 1.29 is 14.0 Å². The molecule has 158 valence electrons. The van der Waals surface area contributed by atoms with Crippen LogP contribution in [0.5, 0.6) is 0 Å². The summed E-state index contributed by atoms with van der Waals surface area (Å²) in [6.45, 7) is 2.21. The Balaban J connectivity index is 1.54. The number of rotatable bonds is 4. The highest BCUT2D eigenvalue weighted by molar-refractivity contribution is 6.33. The highest BCUT2D eigenvalue weighted by Gasteiger charge is 2.36. The van der Waals surface area contributed by atoms with Crippen LogP contribution in [-0.4, -0.2) is 47.8 Å². The third kappa shape index (κ3) is 4.50. The van der Waals surface area contributed by atoms with Gasteiger partial charge in [0.25, 0.3) is 0 Å². The van der Waals surface area contributed by atoms with Gasteiger partial charge in [0.15, 0.2) is 0 Å². The maximum absolute atomic E-state index is 13.4. The number of carbonyl (C=O) groups excluding carboxylic acids is 2. The second-order valence-electron chi connectivity index (χ2n) is 7.88. The third-order valence-corrected chi connectivity index (χ3v) is 6.15. The van der Waals surface area contributed by atoms with Crippen LogP contribution in [0.2, 0.25) is 5.02 Å². The zero-order valence-electron chi connectivity index (χ0n) is 16.7. The molecule has 1 atom stereocenters.